The van der Waals surface area contributed by atoms with Crippen molar-refractivity contribution in [1.82, 2.24) is 24.5 Å². The van der Waals surface area contributed by atoms with Crippen LogP contribution in [0.5, 0.6) is 0 Å². The molecule has 0 spiro atoms. The summed E-state index contributed by atoms with van der Waals surface area (Å²) in [5.41, 5.74) is 3.94. The number of benzene rings is 3. The summed E-state index contributed by atoms with van der Waals surface area (Å²) in [6.45, 7) is 4.17. The number of fused-ring (bicyclic) bond motifs is 3. The minimum absolute atomic E-state index is 0.0623. The van der Waals surface area contributed by atoms with Crippen LogP contribution in [0.2, 0.25) is 0 Å². The Morgan fingerprint density at radius 3 is 2.31 bits per heavy atom. The van der Waals surface area contributed by atoms with Gasteiger partial charge in [-0.05, 0) is 30.2 Å². The summed E-state index contributed by atoms with van der Waals surface area (Å²) in [5.74, 6) is 1.86. The molecule has 0 bridgehead atoms. The fourth-order valence-corrected chi connectivity index (χ4v) is 5.11. The van der Waals surface area contributed by atoms with Gasteiger partial charge in [0.1, 0.15) is 5.82 Å². The molecule has 1 saturated heterocycles. The number of aromatic nitrogens is 4. The predicted octanol–water partition coefficient (Wildman–Crippen LogP) is 4.15. The van der Waals surface area contributed by atoms with Crippen molar-refractivity contribution >= 4 is 28.4 Å². The molecule has 0 radical (unpaired) electrons. The maximum atomic E-state index is 13.1. The van der Waals surface area contributed by atoms with E-state index in [0.717, 1.165) is 33.9 Å². The van der Waals surface area contributed by atoms with Gasteiger partial charge < -0.3 is 9.80 Å². The number of nitrogens with zero attached hydrogens (tertiary/aromatic N) is 6. The second-order valence-electron chi connectivity index (χ2n) is 9.41. The molecule has 1 aliphatic heterocycles. The van der Waals surface area contributed by atoms with E-state index < -0.39 is 0 Å². The third-order valence-corrected chi connectivity index (χ3v) is 6.93. The number of hydrogen-bond donors (Lipinski definition) is 0. The summed E-state index contributed by atoms with van der Waals surface area (Å²) in [5, 5.41) is 10.2. The van der Waals surface area contributed by atoms with E-state index in [1.54, 1.807) is 0 Å². The lowest BCUT2D eigenvalue weighted by Crippen LogP contribution is -2.55. The highest BCUT2D eigenvalue weighted by atomic mass is 16.2. The number of piperazine rings is 1. The zero-order valence-corrected chi connectivity index (χ0v) is 20.3. The lowest BCUT2D eigenvalue weighted by Gasteiger charge is -2.40. The van der Waals surface area contributed by atoms with E-state index >= 15 is 0 Å². The predicted molar refractivity (Wildman–Crippen MR) is 141 cm³/mol. The number of amides is 1. The molecule has 1 atom stereocenters. The molecular formula is C29H28N6O. The van der Waals surface area contributed by atoms with Gasteiger partial charge in [0.15, 0.2) is 5.65 Å². The summed E-state index contributed by atoms with van der Waals surface area (Å²) < 4.78 is 2.10. The highest BCUT2D eigenvalue weighted by Gasteiger charge is 2.30. The molecule has 1 aliphatic rings. The monoisotopic (exact) mass is 476 g/mol. The van der Waals surface area contributed by atoms with Gasteiger partial charge in [-0.25, -0.2) is 9.38 Å². The normalized spacial score (nSPS) is 16.1. The van der Waals surface area contributed by atoms with Crippen molar-refractivity contribution in [3.63, 3.8) is 0 Å². The van der Waals surface area contributed by atoms with Gasteiger partial charge in [0.2, 0.25) is 11.9 Å². The molecular weight excluding hydrogens is 448 g/mol. The van der Waals surface area contributed by atoms with Crippen LogP contribution >= 0.6 is 0 Å². The Labute approximate surface area is 210 Å². The van der Waals surface area contributed by atoms with E-state index in [1.165, 1.54) is 5.56 Å². The van der Waals surface area contributed by atoms with Crippen LogP contribution in [0.25, 0.3) is 16.6 Å². The van der Waals surface area contributed by atoms with Gasteiger partial charge in [-0.15, -0.1) is 10.2 Å². The summed E-state index contributed by atoms with van der Waals surface area (Å²) in [6, 6.07) is 28.4. The first-order valence-corrected chi connectivity index (χ1v) is 12.4. The van der Waals surface area contributed by atoms with E-state index in [1.807, 2.05) is 77.7 Å². The number of hydrogen-bond acceptors (Lipinski definition) is 5. The molecule has 6 rings (SSSR count). The Morgan fingerprint density at radius 2 is 1.56 bits per heavy atom. The average molecular weight is 477 g/mol. The van der Waals surface area contributed by atoms with Crippen molar-refractivity contribution in [3.05, 3.63) is 102 Å². The fraction of sp³-hybridized carbons (Fsp3) is 0.241. The largest absolute Gasteiger partial charge is 0.338 e. The second-order valence-corrected chi connectivity index (χ2v) is 9.41. The number of para-hydroxylation sites is 1. The SMILES string of the molecule is C[C@@H]1CN(c2nc3ccccc3c3nnc(Cc4ccccc4)n23)CCN1C(=O)Cc1ccccc1. The Hall–Kier alpha value is -4.26. The molecule has 0 unspecified atom stereocenters. The highest BCUT2D eigenvalue weighted by molar-refractivity contribution is 5.92. The minimum Gasteiger partial charge on any atom is -0.338 e. The number of rotatable bonds is 5. The van der Waals surface area contributed by atoms with Crippen LogP contribution < -0.4 is 4.90 Å². The van der Waals surface area contributed by atoms with E-state index in [2.05, 4.69) is 38.6 Å². The summed E-state index contributed by atoms with van der Waals surface area (Å²) in [6.07, 6.45) is 1.09. The third kappa shape index (κ3) is 4.17. The van der Waals surface area contributed by atoms with Crippen LogP contribution in [0.3, 0.4) is 0 Å². The molecule has 36 heavy (non-hydrogen) atoms. The molecule has 1 amide bonds. The van der Waals surface area contributed by atoms with Crippen molar-refractivity contribution in [3.8, 4) is 0 Å². The Morgan fingerprint density at radius 1 is 0.861 bits per heavy atom. The molecule has 3 heterocycles. The molecule has 180 valence electrons. The maximum absolute atomic E-state index is 13.1. The molecule has 0 aliphatic carbocycles. The van der Waals surface area contributed by atoms with Gasteiger partial charge in [0, 0.05) is 37.5 Å². The molecule has 5 aromatic rings. The van der Waals surface area contributed by atoms with Gasteiger partial charge in [-0.3, -0.25) is 4.79 Å². The first-order valence-electron chi connectivity index (χ1n) is 12.4. The Kier molecular flexibility index (Phi) is 5.81. The van der Waals surface area contributed by atoms with E-state index in [0.29, 0.717) is 32.5 Å². The number of anilines is 1. The van der Waals surface area contributed by atoms with Crippen LogP contribution in [-0.4, -0.2) is 56.1 Å². The molecule has 2 aromatic heterocycles. The van der Waals surface area contributed by atoms with Crippen LogP contribution in [-0.2, 0) is 17.6 Å². The molecule has 7 heteroatoms. The van der Waals surface area contributed by atoms with Gasteiger partial charge in [-0.2, -0.15) is 0 Å². The fourth-order valence-electron chi connectivity index (χ4n) is 5.11. The van der Waals surface area contributed by atoms with Gasteiger partial charge in [-0.1, -0.05) is 72.8 Å². The number of carbonyl (C=O) groups excluding carboxylic acids is 1. The van der Waals surface area contributed by atoms with Crippen molar-refractivity contribution in [2.24, 2.45) is 0 Å². The summed E-state index contributed by atoms with van der Waals surface area (Å²) >= 11 is 0. The van der Waals surface area contributed by atoms with Crippen molar-refractivity contribution in [2.45, 2.75) is 25.8 Å². The molecule has 3 aromatic carbocycles. The van der Waals surface area contributed by atoms with Crippen molar-refractivity contribution in [2.75, 3.05) is 24.5 Å². The Balaban J connectivity index is 1.33. The van der Waals surface area contributed by atoms with Crippen LogP contribution in [0.1, 0.15) is 23.9 Å². The van der Waals surface area contributed by atoms with Crippen LogP contribution in [0, 0.1) is 0 Å². The molecule has 7 nitrogen and oxygen atoms in total. The zero-order valence-electron chi connectivity index (χ0n) is 20.3. The molecule has 0 N–H and O–H groups in total. The lowest BCUT2D eigenvalue weighted by atomic mass is 10.1. The van der Waals surface area contributed by atoms with Gasteiger partial charge in [0.25, 0.3) is 0 Å². The summed E-state index contributed by atoms with van der Waals surface area (Å²) in [4.78, 5) is 22.4. The quantitative estimate of drug-likeness (QED) is 0.381. The minimum atomic E-state index is 0.0623. The third-order valence-electron chi connectivity index (χ3n) is 6.93. The first kappa shape index (κ1) is 22.2. The van der Waals surface area contributed by atoms with Crippen molar-refractivity contribution in [1.29, 1.82) is 0 Å². The lowest BCUT2D eigenvalue weighted by molar-refractivity contribution is -0.132. The summed E-state index contributed by atoms with van der Waals surface area (Å²) in [7, 11) is 0. The standard InChI is InChI=1S/C29H28N6O/c1-21-20-33(16-17-34(21)27(36)19-23-12-6-3-7-13-23)29-30-25-15-9-8-14-24(25)28-32-31-26(35(28)29)18-22-10-4-2-5-11-22/h2-15,21H,16-20H2,1H3/t21-/m1/s1. The van der Waals surface area contributed by atoms with E-state index in [9.17, 15) is 4.79 Å². The Bertz CT molecular complexity index is 1510. The smallest absolute Gasteiger partial charge is 0.227 e. The maximum Gasteiger partial charge on any atom is 0.227 e. The topological polar surface area (TPSA) is 66.6 Å². The van der Waals surface area contributed by atoms with Crippen LogP contribution in [0.4, 0.5) is 5.95 Å². The van der Waals surface area contributed by atoms with E-state index in [4.69, 9.17) is 4.98 Å². The second kappa shape index (κ2) is 9.41. The number of carbonyl (C=O) groups is 1. The first-order chi connectivity index (χ1) is 17.7. The zero-order chi connectivity index (χ0) is 24.5. The van der Waals surface area contributed by atoms with Gasteiger partial charge in [0.05, 0.1) is 11.9 Å². The molecule has 0 saturated carbocycles. The highest BCUT2D eigenvalue weighted by Crippen LogP contribution is 2.27. The average Bonchev–Trinajstić information content (AvgIpc) is 3.33. The van der Waals surface area contributed by atoms with E-state index in [-0.39, 0.29) is 11.9 Å². The molecule has 1 fully saturated rings. The van der Waals surface area contributed by atoms with Crippen LogP contribution in [0.15, 0.2) is 84.9 Å². The van der Waals surface area contributed by atoms with Crippen molar-refractivity contribution < 1.29 is 4.79 Å². The van der Waals surface area contributed by atoms with Gasteiger partial charge >= 0.3 is 0 Å².